The second kappa shape index (κ2) is 10.3. The van der Waals surface area contributed by atoms with E-state index in [9.17, 15) is 4.79 Å². The molecule has 150 valence electrons. The van der Waals surface area contributed by atoms with E-state index in [1.54, 1.807) is 0 Å². The summed E-state index contributed by atoms with van der Waals surface area (Å²) in [6, 6.07) is 16.1. The molecule has 0 N–H and O–H groups in total. The van der Waals surface area contributed by atoms with E-state index in [-0.39, 0.29) is 5.91 Å². The Kier molecular flexibility index (Phi) is 7.49. The molecule has 1 saturated heterocycles. The number of ether oxygens (including phenoxy) is 1. The second-order valence-corrected chi connectivity index (χ2v) is 7.39. The third-order valence-corrected chi connectivity index (χ3v) is 5.36. The Morgan fingerprint density at radius 1 is 1.00 bits per heavy atom. The van der Waals surface area contributed by atoms with E-state index in [0.717, 1.165) is 23.4 Å². The molecule has 2 aromatic rings. The number of nitrogens with zero attached hydrogens (tertiary/aromatic N) is 2. The minimum Gasteiger partial charge on any atom is -0.494 e. The summed E-state index contributed by atoms with van der Waals surface area (Å²) in [5.41, 5.74) is 3.07. The summed E-state index contributed by atoms with van der Waals surface area (Å²) in [4.78, 5) is 17.4. The van der Waals surface area contributed by atoms with Crippen molar-refractivity contribution in [2.24, 2.45) is 0 Å². The smallest absolute Gasteiger partial charge is 0.254 e. The Labute approximate surface area is 169 Å². The molecule has 3 rings (SSSR count). The zero-order valence-corrected chi connectivity index (χ0v) is 17.2. The Bertz CT molecular complexity index is 751. The number of carbonyl (C=O) groups is 1. The molecule has 1 fully saturated rings. The van der Waals surface area contributed by atoms with Crippen molar-refractivity contribution < 1.29 is 9.53 Å². The molecule has 1 aliphatic rings. The highest BCUT2D eigenvalue weighted by Gasteiger charge is 2.17. The lowest BCUT2D eigenvalue weighted by molar-refractivity contribution is 0.0751. The molecule has 0 bridgehead atoms. The molecule has 1 aliphatic heterocycles. The molecule has 0 radical (unpaired) electrons. The lowest BCUT2D eigenvalue weighted by Gasteiger charge is -2.26. The molecule has 0 saturated carbocycles. The molecule has 28 heavy (non-hydrogen) atoms. The fraction of sp³-hybridized carbons (Fsp3) is 0.458. The fourth-order valence-corrected chi connectivity index (χ4v) is 3.77. The number of hydrogen-bond donors (Lipinski definition) is 0. The number of piperidine rings is 1. The van der Waals surface area contributed by atoms with Crippen LogP contribution in [0.3, 0.4) is 0 Å². The van der Waals surface area contributed by atoms with Crippen LogP contribution in [-0.2, 0) is 13.1 Å². The van der Waals surface area contributed by atoms with E-state index in [1.165, 1.54) is 37.9 Å². The first-order valence-corrected chi connectivity index (χ1v) is 10.5. The van der Waals surface area contributed by atoms with Gasteiger partial charge in [0, 0.05) is 30.8 Å². The quantitative estimate of drug-likeness (QED) is 0.663. The number of amides is 1. The summed E-state index contributed by atoms with van der Waals surface area (Å²) in [5.74, 6) is 0.923. The van der Waals surface area contributed by atoms with Crippen LogP contribution in [-0.4, -0.2) is 41.9 Å². The molecular formula is C24H32N2O2. The van der Waals surface area contributed by atoms with Crippen LogP contribution in [0.4, 0.5) is 0 Å². The highest BCUT2D eigenvalue weighted by atomic mass is 16.5. The predicted octanol–water partition coefficient (Wildman–Crippen LogP) is 4.73. The second-order valence-electron chi connectivity index (χ2n) is 7.39. The number of hydrogen-bond acceptors (Lipinski definition) is 3. The third-order valence-electron chi connectivity index (χ3n) is 5.36. The molecule has 0 aromatic heterocycles. The number of likely N-dealkylation sites (tertiary alicyclic amines) is 1. The van der Waals surface area contributed by atoms with Crippen molar-refractivity contribution in [3.8, 4) is 5.75 Å². The number of para-hydroxylation sites is 1. The van der Waals surface area contributed by atoms with Gasteiger partial charge >= 0.3 is 0 Å². The van der Waals surface area contributed by atoms with Crippen LogP contribution in [0.5, 0.6) is 5.75 Å². The molecule has 4 nitrogen and oxygen atoms in total. The Hall–Kier alpha value is -2.33. The van der Waals surface area contributed by atoms with Crippen molar-refractivity contribution in [2.75, 3.05) is 26.2 Å². The maximum Gasteiger partial charge on any atom is 0.254 e. The first kappa shape index (κ1) is 20.4. The number of rotatable bonds is 8. The van der Waals surface area contributed by atoms with E-state index in [1.807, 2.05) is 55.1 Å². The van der Waals surface area contributed by atoms with Crippen LogP contribution >= 0.6 is 0 Å². The molecule has 4 heteroatoms. The Morgan fingerprint density at radius 3 is 2.39 bits per heavy atom. The standard InChI is InChI=1S/C24H32N2O2/c1-3-26(19-22-10-6-7-11-23(22)28-4-2)24(27)21-14-12-20(13-15-21)18-25-16-8-5-9-17-25/h6-7,10-15H,3-5,8-9,16-19H2,1-2H3. The normalized spacial score (nSPS) is 14.6. The van der Waals surface area contributed by atoms with Crippen LogP contribution in [0.1, 0.15) is 54.6 Å². The van der Waals surface area contributed by atoms with Gasteiger partial charge in [0.1, 0.15) is 5.75 Å². The molecule has 0 spiro atoms. The van der Waals surface area contributed by atoms with Gasteiger partial charge in [0.05, 0.1) is 6.61 Å². The van der Waals surface area contributed by atoms with Crippen molar-refractivity contribution in [1.82, 2.24) is 9.80 Å². The minimum absolute atomic E-state index is 0.0679. The molecule has 1 amide bonds. The van der Waals surface area contributed by atoms with Crippen molar-refractivity contribution in [3.63, 3.8) is 0 Å². The Balaban J connectivity index is 1.65. The van der Waals surface area contributed by atoms with E-state index in [2.05, 4.69) is 17.0 Å². The van der Waals surface area contributed by atoms with Gasteiger partial charge < -0.3 is 9.64 Å². The third kappa shape index (κ3) is 5.35. The van der Waals surface area contributed by atoms with Gasteiger partial charge in [-0.3, -0.25) is 9.69 Å². The van der Waals surface area contributed by atoms with Gasteiger partial charge in [0.25, 0.3) is 5.91 Å². The average molecular weight is 381 g/mol. The van der Waals surface area contributed by atoms with E-state index < -0.39 is 0 Å². The average Bonchev–Trinajstić information content (AvgIpc) is 2.74. The minimum atomic E-state index is 0.0679. The molecule has 1 heterocycles. The molecule has 2 aromatic carbocycles. The lowest BCUT2D eigenvalue weighted by Crippen LogP contribution is -2.31. The van der Waals surface area contributed by atoms with E-state index in [0.29, 0.717) is 19.7 Å². The van der Waals surface area contributed by atoms with Gasteiger partial charge in [-0.1, -0.05) is 36.8 Å². The maximum absolute atomic E-state index is 13.0. The summed E-state index contributed by atoms with van der Waals surface area (Å²) in [7, 11) is 0. The van der Waals surface area contributed by atoms with Crippen LogP contribution in [0.15, 0.2) is 48.5 Å². The molecule has 0 unspecified atom stereocenters. The van der Waals surface area contributed by atoms with Gasteiger partial charge in [0.15, 0.2) is 0 Å². The van der Waals surface area contributed by atoms with Crippen LogP contribution in [0.25, 0.3) is 0 Å². The van der Waals surface area contributed by atoms with Crippen LogP contribution in [0.2, 0.25) is 0 Å². The summed E-state index contributed by atoms with van der Waals surface area (Å²) >= 11 is 0. The zero-order valence-electron chi connectivity index (χ0n) is 17.2. The molecule has 0 atom stereocenters. The number of carbonyl (C=O) groups excluding carboxylic acids is 1. The summed E-state index contributed by atoms with van der Waals surface area (Å²) < 4.78 is 5.71. The lowest BCUT2D eigenvalue weighted by atomic mass is 10.1. The molecule has 0 aliphatic carbocycles. The van der Waals surface area contributed by atoms with E-state index >= 15 is 0 Å². The fourth-order valence-electron chi connectivity index (χ4n) is 3.77. The maximum atomic E-state index is 13.0. The Morgan fingerprint density at radius 2 is 1.71 bits per heavy atom. The molecular weight excluding hydrogens is 348 g/mol. The van der Waals surface area contributed by atoms with E-state index in [4.69, 9.17) is 4.74 Å². The van der Waals surface area contributed by atoms with Gasteiger partial charge in [0.2, 0.25) is 0 Å². The van der Waals surface area contributed by atoms with Gasteiger partial charge in [-0.05, 0) is 63.5 Å². The highest BCUT2D eigenvalue weighted by Crippen LogP contribution is 2.21. The van der Waals surface area contributed by atoms with Gasteiger partial charge in [-0.15, -0.1) is 0 Å². The summed E-state index contributed by atoms with van der Waals surface area (Å²) in [6.07, 6.45) is 3.94. The largest absolute Gasteiger partial charge is 0.494 e. The SMILES string of the molecule is CCOc1ccccc1CN(CC)C(=O)c1ccc(CN2CCCCC2)cc1. The van der Waals surface area contributed by atoms with Crippen molar-refractivity contribution in [1.29, 1.82) is 0 Å². The van der Waals surface area contributed by atoms with Crippen LogP contribution in [0, 0.1) is 0 Å². The summed E-state index contributed by atoms with van der Waals surface area (Å²) in [5, 5.41) is 0. The zero-order chi connectivity index (χ0) is 19.8. The monoisotopic (exact) mass is 380 g/mol. The van der Waals surface area contributed by atoms with Crippen molar-refractivity contribution >= 4 is 5.91 Å². The highest BCUT2D eigenvalue weighted by molar-refractivity contribution is 5.94. The number of benzene rings is 2. The first-order chi connectivity index (χ1) is 13.7. The van der Waals surface area contributed by atoms with Gasteiger partial charge in [-0.2, -0.15) is 0 Å². The van der Waals surface area contributed by atoms with Crippen LogP contribution < -0.4 is 4.74 Å². The van der Waals surface area contributed by atoms with Crippen molar-refractivity contribution in [3.05, 3.63) is 65.2 Å². The van der Waals surface area contributed by atoms with Crippen molar-refractivity contribution in [2.45, 2.75) is 46.2 Å². The predicted molar refractivity (Wildman–Crippen MR) is 114 cm³/mol. The first-order valence-electron chi connectivity index (χ1n) is 10.5. The topological polar surface area (TPSA) is 32.8 Å². The summed E-state index contributed by atoms with van der Waals surface area (Å²) in [6.45, 7) is 9.18. The van der Waals surface area contributed by atoms with Gasteiger partial charge in [-0.25, -0.2) is 0 Å².